The van der Waals surface area contributed by atoms with Gasteiger partial charge in [0.15, 0.2) is 4.34 Å². The van der Waals surface area contributed by atoms with Crippen LogP contribution in [0.5, 0.6) is 0 Å². The van der Waals surface area contributed by atoms with Crippen LogP contribution in [0.15, 0.2) is 38.5 Å². The van der Waals surface area contributed by atoms with E-state index in [1.807, 2.05) is 43.5 Å². The number of thiazole rings is 1. The van der Waals surface area contributed by atoms with E-state index in [4.69, 9.17) is 0 Å². The molecule has 2 rings (SSSR count). The van der Waals surface area contributed by atoms with Crippen LogP contribution in [0, 0.1) is 6.92 Å². The molecule has 1 aromatic heterocycles. The first-order chi connectivity index (χ1) is 9.04. The predicted molar refractivity (Wildman–Crippen MR) is 84.9 cm³/mol. The molecule has 0 saturated carbocycles. The second-order valence-electron chi connectivity index (χ2n) is 4.01. The van der Waals surface area contributed by atoms with E-state index in [1.54, 1.807) is 11.3 Å². The molecule has 0 radical (unpaired) electrons. The first-order valence-corrected chi connectivity index (χ1v) is 8.25. The Balaban J connectivity index is 1.94. The number of rotatable bonds is 4. The third-order valence-corrected chi connectivity index (χ3v) is 5.07. The van der Waals surface area contributed by atoms with Gasteiger partial charge in [-0.2, -0.15) is 0 Å². The summed E-state index contributed by atoms with van der Waals surface area (Å²) >= 11 is 6.41. The number of amides is 1. The number of aromatic nitrogens is 1. The van der Waals surface area contributed by atoms with Gasteiger partial charge in [0.25, 0.3) is 0 Å². The lowest BCUT2D eigenvalue weighted by Crippen LogP contribution is -2.22. The van der Waals surface area contributed by atoms with Crippen molar-refractivity contribution in [2.45, 2.75) is 23.4 Å². The standard InChI is InChI=1S/C13H13BrN2OS2/c1-8-7-18-13(15-8)19-9(2)12(17)16-11-5-3-10(14)4-6-11/h3-7,9H,1-2H3,(H,16,17). The molecule has 1 heterocycles. The Morgan fingerprint density at radius 2 is 2.11 bits per heavy atom. The number of anilines is 1. The van der Waals surface area contributed by atoms with Crippen LogP contribution >= 0.6 is 39.0 Å². The summed E-state index contributed by atoms with van der Waals surface area (Å²) in [4.78, 5) is 16.4. The molecule has 100 valence electrons. The summed E-state index contributed by atoms with van der Waals surface area (Å²) in [6.07, 6.45) is 0. The number of hydrogen-bond acceptors (Lipinski definition) is 4. The van der Waals surface area contributed by atoms with E-state index in [9.17, 15) is 4.79 Å². The largest absolute Gasteiger partial charge is 0.325 e. The zero-order valence-corrected chi connectivity index (χ0v) is 13.7. The van der Waals surface area contributed by atoms with Crippen LogP contribution in [0.1, 0.15) is 12.6 Å². The van der Waals surface area contributed by atoms with Gasteiger partial charge in [0.1, 0.15) is 0 Å². The molecule has 0 spiro atoms. The van der Waals surface area contributed by atoms with Crippen molar-refractivity contribution in [1.29, 1.82) is 0 Å². The van der Waals surface area contributed by atoms with Gasteiger partial charge in [-0.3, -0.25) is 4.79 Å². The van der Waals surface area contributed by atoms with E-state index in [1.165, 1.54) is 11.8 Å². The van der Waals surface area contributed by atoms with Crippen LogP contribution in [0.4, 0.5) is 5.69 Å². The fraction of sp³-hybridized carbons (Fsp3) is 0.231. The van der Waals surface area contributed by atoms with Gasteiger partial charge in [-0.15, -0.1) is 11.3 Å². The molecule has 1 amide bonds. The fourth-order valence-corrected chi connectivity index (χ4v) is 3.62. The van der Waals surface area contributed by atoms with Gasteiger partial charge in [-0.05, 0) is 38.1 Å². The summed E-state index contributed by atoms with van der Waals surface area (Å²) in [5.41, 5.74) is 1.80. The van der Waals surface area contributed by atoms with Crippen LogP contribution in [0.2, 0.25) is 0 Å². The van der Waals surface area contributed by atoms with E-state index >= 15 is 0 Å². The molecule has 6 heteroatoms. The Hall–Kier alpha value is -0.850. The van der Waals surface area contributed by atoms with Crippen molar-refractivity contribution in [3.63, 3.8) is 0 Å². The molecule has 0 aliphatic carbocycles. The Bertz CT molecular complexity index is 568. The van der Waals surface area contributed by atoms with Crippen molar-refractivity contribution >= 4 is 50.6 Å². The highest BCUT2D eigenvalue weighted by Gasteiger charge is 2.16. The second-order valence-corrected chi connectivity index (χ2v) is 7.37. The van der Waals surface area contributed by atoms with Crippen LogP contribution in [0.3, 0.4) is 0 Å². The maximum Gasteiger partial charge on any atom is 0.237 e. The zero-order valence-electron chi connectivity index (χ0n) is 10.5. The summed E-state index contributed by atoms with van der Waals surface area (Å²) in [7, 11) is 0. The summed E-state index contributed by atoms with van der Waals surface area (Å²) in [6, 6.07) is 7.54. The number of nitrogens with zero attached hydrogens (tertiary/aromatic N) is 1. The molecule has 1 aromatic carbocycles. The molecule has 0 aliphatic rings. The quantitative estimate of drug-likeness (QED) is 0.828. The van der Waals surface area contributed by atoms with Gasteiger partial charge in [0, 0.05) is 21.2 Å². The SMILES string of the molecule is Cc1csc(SC(C)C(=O)Nc2ccc(Br)cc2)n1. The fourth-order valence-electron chi connectivity index (χ4n) is 1.37. The van der Waals surface area contributed by atoms with Gasteiger partial charge in [0.2, 0.25) is 5.91 Å². The maximum absolute atomic E-state index is 12.0. The molecule has 1 unspecified atom stereocenters. The lowest BCUT2D eigenvalue weighted by Gasteiger charge is -2.10. The average Bonchev–Trinajstić information content (AvgIpc) is 2.77. The number of aryl methyl sites for hydroxylation is 1. The van der Waals surface area contributed by atoms with Crippen LogP contribution in [-0.4, -0.2) is 16.1 Å². The average molecular weight is 357 g/mol. The van der Waals surface area contributed by atoms with E-state index in [2.05, 4.69) is 26.2 Å². The van der Waals surface area contributed by atoms with E-state index in [-0.39, 0.29) is 11.2 Å². The summed E-state index contributed by atoms with van der Waals surface area (Å²) in [6.45, 7) is 3.84. The molecule has 3 nitrogen and oxygen atoms in total. The lowest BCUT2D eigenvalue weighted by molar-refractivity contribution is -0.115. The highest BCUT2D eigenvalue weighted by atomic mass is 79.9. The molecular formula is C13H13BrN2OS2. The molecule has 0 fully saturated rings. The van der Waals surface area contributed by atoms with Gasteiger partial charge >= 0.3 is 0 Å². The topological polar surface area (TPSA) is 42.0 Å². The highest BCUT2D eigenvalue weighted by molar-refractivity contribution is 9.10. The van der Waals surface area contributed by atoms with Crippen molar-refractivity contribution in [1.82, 2.24) is 4.98 Å². The Morgan fingerprint density at radius 1 is 1.42 bits per heavy atom. The van der Waals surface area contributed by atoms with Crippen molar-refractivity contribution in [2.75, 3.05) is 5.32 Å². The minimum atomic E-state index is -0.172. The van der Waals surface area contributed by atoms with Crippen LogP contribution in [-0.2, 0) is 4.79 Å². The molecule has 2 aromatic rings. The number of carbonyl (C=O) groups excluding carboxylic acids is 1. The predicted octanol–water partition coefficient (Wildman–Crippen LogP) is 4.33. The van der Waals surface area contributed by atoms with Crippen molar-refractivity contribution < 1.29 is 4.79 Å². The molecule has 1 atom stereocenters. The number of hydrogen-bond donors (Lipinski definition) is 1. The maximum atomic E-state index is 12.0. The molecule has 0 aliphatic heterocycles. The third-order valence-electron chi connectivity index (χ3n) is 2.36. The molecular weight excluding hydrogens is 344 g/mol. The van der Waals surface area contributed by atoms with Crippen LogP contribution < -0.4 is 5.32 Å². The number of carbonyl (C=O) groups is 1. The molecule has 19 heavy (non-hydrogen) atoms. The van der Waals surface area contributed by atoms with Gasteiger partial charge in [-0.25, -0.2) is 4.98 Å². The highest BCUT2D eigenvalue weighted by Crippen LogP contribution is 2.27. The summed E-state index contributed by atoms with van der Waals surface area (Å²) in [5, 5.41) is 4.71. The monoisotopic (exact) mass is 356 g/mol. The van der Waals surface area contributed by atoms with Gasteiger partial charge in [0.05, 0.1) is 5.25 Å². The summed E-state index contributed by atoms with van der Waals surface area (Å²) in [5.74, 6) is -0.0137. The summed E-state index contributed by atoms with van der Waals surface area (Å²) < 4.78 is 1.92. The molecule has 0 bridgehead atoms. The number of thioether (sulfide) groups is 1. The number of halogens is 1. The van der Waals surface area contributed by atoms with Crippen molar-refractivity contribution in [3.05, 3.63) is 39.8 Å². The Labute approximate surface area is 129 Å². The van der Waals surface area contributed by atoms with Gasteiger partial charge in [-0.1, -0.05) is 27.7 Å². The Kier molecular flexibility index (Phi) is 5.01. The van der Waals surface area contributed by atoms with Crippen molar-refractivity contribution in [3.8, 4) is 0 Å². The molecule has 1 N–H and O–H groups in total. The first-order valence-electron chi connectivity index (χ1n) is 5.70. The van der Waals surface area contributed by atoms with Gasteiger partial charge < -0.3 is 5.32 Å². The first kappa shape index (κ1) is 14.6. The van der Waals surface area contributed by atoms with E-state index in [0.29, 0.717) is 0 Å². The van der Waals surface area contributed by atoms with E-state index in [0.717, 1.165) is 20.2 Å². The normalized spacial score (nSPS) is 12.2. The molecule has 0 saturated heterocycles. The smallest absolute Gasteiger partial charge is 0.237 e. The van der Waals surface area contributed by atoms with Crippen molar-refractivity contribution in [2.24, 2.45) is 0 Å². The zero-order chi connectivity index (χ0) is 13.8. The third kappa shape index (κ3) is 4.33. The number of nitrogens with one attached hydrogen (secondary N) is 1. The second kappa shape index (κ2) is 6.54. The number of benzene rings is 1. The van der Waals surface area contributed by atoms with E-state index < -0.39 is 0 Å². The Morgan fingerprint density at radius 3 is 2.68 bits per heavy atom. The lowest BCUT2D eigenvalue weighted by atomic mass is 10.3. The minimum Gasteiger partial charge on any atom is -0.325 e. The van der Waals surface area contributed by atoms with Crippen LogP contribution in [0.25, 0.3) is 0 Å². The minimum absolute atomic E-state index is 0.0137.